The molecule has 0 aromatic rings. The number of carbonyl (C=O) groups is 1. The van der Waals surface area contributed by atoms with Crippen molar-refractivity contribution in [1.29, 1.82) is 0 Å². The van der Waals surface area contributed by atoms with E-state index in [1.54, 1.807) is 0 Å². The standard InChI is InChI=1S/C45H70O3/c1-5-9-11-13-15-17-19-21-23-25-27-29-31-33-35-37-39-43(7-3)41-47-45(46)48-42-44(8-4)40-38-36-34-32-30-28-26-24-22-20-18-16-14-12-10-6-2/h9-12,15-18,21-24,27-30,33-36,43-44H,5-8,13-14,19-20,25-26,31-32,37-42H2,1-4H3. The SMILES string of the molecule is CCC=CCC=CCC=CCC=CCC=CCCC(CC)COC(=O)OCC(CC)CCC=CCC=CCC=CCC=CCC=CCC. The van der Waals surface area contributed by atoms with Crippen LogP contribution in [0.5, 0.6) is 0 Å². The van der Waals surface area contributed by atoms with Gasteiger partial charge in [-0.25, -0.2) is 4.79 Å². The van der Waals surface area contributed by atoms with E-state index in [9.17, 15) is 4.79 Å². The zero-order chi connectivity index (χ0) is 35.0. The summed E-state index contributed by atoms with van der Waals surface area (Å²) in [4.78, 5) is 12.2. The first-order valence-corrected chi connectivity index (χ1v) is 19.0. The molecule has 0 radical (unpaired) electrons. The Morgan fingerprint density at radius 3 is 0.896 bits per heavy atom. The van der Waals surface area contributed by atoms with Crippen LogP contribution in [0.25, 0.3) is 0 Å². The number of rotatable bonds is 30. The number of hydrogen-bond acceptors (Lipinski definition) is 3. The topological polar surface area (TPSA) is 35.5 Å². The van der Waals surface area contributed by atoms with Crippen molar-refractivity contribution in [2.75, 3.05) is 13.2 Å². The van der Waals surface area contributed by atoms with Gasteiger partial charge in [0.2, 0.25) is 0 Å². The van der Waals surface area contributed by atoms with Crippen molar-refractivity contribution >= 4 is 6.16 Å². The van der Waals surface area contributed by atoms with Crippen LogP contribution in [0.3, 0.4) is 0 Å². The normalized spacial score (nSPS) is 14.4. The largest absolute Gasteiger partial charge is 0.508 e. The molecule has 3 nitrogen and oxygen atoms in total. The minimum atomic E-state index is -0.531. The van der Waals surface area contributed by atoms with Crippen LogP contribution in [0.1, 0.15) is 130 Å². The molecule has 2 unspecified atom stereocenters. The van der Waals surface area contributed by atoms with Gasteiger partial charge in [-0.05, 0) is 102 Å². The molecule has 0 heterocycles. The monoisotopic (exact) mass is 659 g/mol. The molecule has 3 heteroatoms. The highest BCUT2D eigenvalue weighted by molar-refractivity contribution is 5.59. The Morgan fingerprint density at radius 2 is 0.646 bits per heavy atom. The number of allylic oxidation sites excluding steroid dienone is 20. The van der Waals surface area contributed by atoms with Crippen LogP contribution in [0, 0.1) is 11.8 Å². The van der Waals surface area contributed by atoms with E-state index in [1.807, 2.05) is 0 Å². The predicted molar refractivity (Wildman–Crippen MR) is 212 cm³/mol. The van der Waals surface area contributed by atoms with Gasteiger partial charge in [-0.2, -0.15) is 0 Å². The molecule has 48 heavy (non-hydrogen) atoms. The summed E-state index contributed by atoms with van der Waals surface area (Å²) >= 11 is 0. The van der Waals surface area contributed by atoms with Crippen molar-refractivity contribution in [3.8, 4) is 0 Å². The van der Waals surface area contributed by atoms with E-state index in [1.165, 1.54) is 0 Å². The van der Waals surface area contributed by atoms with Gasteiger partial charge in [0.25, 0.3) is 0 Å². The average molecular weight is 659 g/mol. The molecule has 0 rings (SSSR count). The molecule has 2 atom stereocenters. The number of ether oxygens (including phenoxy) is 2. The molecule has 0 aromatic carbocycles. The van der Waals surface area contributed by atoms with E-state index in [4.69, 9.17) is 9.47 Å². The molecule has 0 spiro atoms. The first-order valence-electron chi connectivity index (χ1n) is 19.0. The maximum absolute atomic E-state index is 12.2. The molecule has 0 N–H and O–H groups in total. The zero-order valence-corrected chi connectivity index (χ0v) is 31.2. The Labute approximate surface area is 296 Å². The lowest BCUT2D eigenvalue weighted by Crippen LogP contribution is -2.18. The van der Waals surface area contributed by atoms with Gasteiger partial charge in [-0.1, -0.05) is 162 Å². The van der Waals surface area contributed by atoms with Gasteiger partial charge < -0.3 is 9.47 Å². The molecule has 0 saturated heterocycles. The summed E-state index contributed by atoms with van der Waals surface area (Å²) in [5.74, 6) is 0.716. The predicted octanol–water partition coefficient (Wildman–Crippen LogP) is 14.3. The maximum atomic E-state index is 12.2. The van der Waals surface area contributed by atoms with E-state index in [0.29, 0.717) is 25.0 Å². The second kappa shape index (κ2) is 38.1. The molecule has 0 saturated carbocycles. The second-order valence-corrected chi connectivity index (χ2v) is 12.0. The summed E-state index contributed by atoms with van der Waals surface area (Å²) in [5.41, 5.74) is 0. The Bertz CT molecular complexity index is 935. The van der Waals surface area contributed by atoms with E-state index in [0.717, 1.165) is 103 Å². The fourth-order valence-electron chi connectivity index (χ4n) is 4.63. The molecule has 0 bridgehead atoms. The zero-order valence-electron chi connectivity index (χ0n) is 31.2. The summed E-state index contributed by atoms with van der Waals surface area (Å²) in [6.07, 6.45) is 60.0. The van der Waals surface area contributed by atoms with E-state index in [-0.39, 0.29) is 0 Å². The summed E-state index contributed by atoms with van der Waals surface area (Å²) in [7, 11) is 0. The average Bonchev–Trinajstić information content (AvgIpc) is 3.10. The molecule has 0 aromatic heterocycles. The maximum Gasteiger partial charge on any atom is 0.508 e. The van der Waals surface area contributed by atoms with Crippen molar-refractivity contribution in [3.05, 3.63) is 122 Å². The highest BCUT2D eigenvalue weighted by Crippen LogP contribution is 2.15. The summed E-state index contributed by atoms with van der Waals surface area (Å²) in [6, 6.07) is 0. The number of carbonyl (C=O) groups excluding carboxylic acids is 1. The van der Waals surface area contributed by atoms with Crippen molar-refractivity contribution in [3.63, 3.8) is 0 Å². The minimum Gasteiger partial charge on any atom is -0.434 e. The van der Waals surface area contributed by atoms with Gasteiger partial charge in [-0.15, -0.1) is 0 Å². The Hall–Kier alpha value is -3.33. The first kappa shape index (κ1) is 44.7. The van der Waals surface area contributed by atoms with E-state index < -0.39 is 6.16 Å². The Kier molecular flexibility index (Phi) is 35.5. The van der Waals surface area contributed by atoms with Gasteiger partial charge in [0.05, 0.1) is 13.2 Å². The van der Waals surface area contributed by atoms with Gasteiger partial charge in [0.15, 0.2) is 0 Å². The Balaban J connectivity index is 3.95. The van der Waals surface area contributed by atoms with Crippen molar-refractivity contribution < 1.29 is 14.3 Å². The van der Waals surface area contributed by atoms with Crippen LogP contribution in [0.2, 0.25) is 0 Å². The molecule has 0 amide bonds. The molecule has 268 valence electrons. The Morgan fingerprint density at radius 1 is 0.396 bits per heavy atom. The number of hydrogen-bond donors (Lipinski definition) is 0. The van der Waals surface area contributed by atoms with Crippen LogP contribution < -0.4 is 0 Å². The molecular weight excluding hydrogens is 588 g/mol. The van der Waals surface area contributed by atoms with Crippen molar-refractivity contribution in [2.24, 2.45) is 11.8 Å². The fraction of sp³-hybridized carbons (Fsp3) is 0.533. The quantitative estimate of drug-likeness (QED) is 0.0569. The van der Waals surface area contributed by atoms with Crippen LogP contribution in [0.15, 0.2) is 122 Å². The third-order valence-corrected chi connectivity index (χ3v) is 7.83. The van der Waals surface area contributed by atoms with Crippen LogP contribution in [-0.2, 0) is 9.47 Å². The third kappa shape index (κ3) is 34.0. The lowest BCUT2D eigenvalue weighted by molar-refractivity contribution is 0.0322. The van der Waals surface area contributed by atoms with Crippen molar-refractivity contribution in [1.82, 2.24) is 0 Å². The molecule has 0 fully saturated rings. The third-order valence-electron chi connectivity index (χ3n) is 7.83. The fourth-order valence-corrected chi connectivity index (χ4v) is 4.63. The highest BCUT2D eigenvalue weighted by atomic mass is 16.7. The molecular formula is C45H70O3. The van der Waals surface area contributed by atoms with Crippen molar-refractivity contribution in [2.45, 2.75) is 130 Å². The van der Waals surface area contributed by atoms with Gasteiger partial charge in [0, 0.05) is 0 Å². The first-order chi connectivity index (χ1) is 23.7. The lowest BCUT2D eigenvalue weighted by atomic mass is 10.0. The van der Waals surface area contributed by atoms with Crippen LogP contribution in [-0.4, -0.2) is 19.4 Å². The summed E-state index contributed by atoms with van der Waals surface area (Å²) in [5, 5.41) is 0. The lowest BCUT2D eigenvalue weighted by Gasteiger charge is -2.16. The second-order valence-electron chi connectivity index (χ2n) is 12.0. The molecule has 0 aliphatic carbocycles. The highest BCUT2D eigenvalue weighted by Gasteiger charge is 2.13. The van der Waals surface area contributed by atoms with Crippen LogP contribution >= 0.6 is 0 Å². The molecule has 0 aliphatic rings. The van der Waals surface area contributed by atoms with E-state index in [2.05, 4.69) is 149 Å². The smallest absolute Gasteiger partial charge is 0.434 e. The van der Waals surface area contributed by atoms with Gasteiger partial charge in [0.1, 0.15) is 0 Å². The van der Waals surface area contributed by atoms with Crippen LogP contribution in [0.4, 0.5) is 4.79 Å². The van der Waals surface area contributed by atoms with E-state index >= 15 is 0 Å². The van der Waals surface area contributed by atoms with Gasteiger partial charge >= 0.3 is 6.16 Å². The molecule has 0 aliphatic heterocycles. The minimum absolute atomic E-state index is 0.358. The van der Waals surface area contributed by atoms with Gasteiger partial charge in [-0.3, -0.25) is 0 Å². The summed E-state index contributed by atoms with van der Waals surface area (Å²) in [6.45, 7) is 9.48. The summed E-state index contributed by atoms with van der Waals surface area (Å²) < 4.78 is 10.9.